The van der Waals surface area contributed by atoms with Crippen molar-refractivity contribution in [2.45, 2.75) is 50.9 Å². The van der Waals surface area contributed by atoms with E-state index in [0.717, 1.165) is 59.7 Å². The summed E-state index contributed by atoms with van der Waals surface area (Å²) in [5, 5.41) is 10.3. The SMILES string of the molecule is COC(=O)C1=C(c2c(C3CCCC3)[nH]c3cc(C(=O)O)ccc23)CCC1. The number of fused-ring (bicyclic) bond motifs is 1. The van der Waals surface area contributed by atoms with E-state index in [1.807, 2.05) is 6.07 Å². The fourth-order valence-corrected chi connectivity index (χ4v) is 4.57. The predicted molar refractivity (Wildman–Crippen MR) is 99.3 cm³/mol. The van der Waals surface area contributed by atoms with Gasteiger partial charge in [0, 0.05) is 27.7 Å². The van der Waals surface area contributed by atoms with Crippen LogP contribution in [0.3, 0.4) is 0 Å². The highest BCUT2D eigenvalue weighted by Gasteiger charge is 2.30. The summed E-state index contributed by atoms with van der Waals surface area (Å²) >= 11 is 0. The van der Waals surface area contributed by atoms with E-state index >= 15 is 0 Å². The summed E-state index contributed by atoms with van der Waals surface area (Å²) in [4.78, 5) is 27.1. The number of aromatic amines is 1. The summed E-state index contributed by atoms with van der Waals surface area (Å²) in [6, 6.07) is 5.23. The van der Waals surface area contributed by atoms with E-state index < -0.39 is 5.97 Å². The second-order valence-corrected chi connectivity index (χ2v) is 7.26. The van der Waals surface area contributed by atoms with Gasteiger partial charge in [0.25, 0.3) is 0 Å². The molecule has 0 spiro atoms. The number of benzene rings is 1. The van der Waals surface area contributed by atoms with E-state index in [1.54, 1.807) is 12.1 Å². The van der Waals surface area contributed by atoms with Crippen molar-refractivity contribution in [2.75, 3.05) is 7.11 Å². The zero-order chi connectivity index (χ0) is 18.3. The molecule has 0 atom stereocenters. The molecule has 0 saturated heterocycles. The van der Waals surface area contributed by atoms with Crippen LogP contribution >= 0.6 is 0 Å². The second-order valence-electron chi connectivity index (χ2n) is 7.26. The Morgan fingerprint density at radius 1 is 1.15 bits per heavy atom. The van der Waals surface area contributed by atoms with Crippen molar-refractivity contribution in [1.29, 1.82) is 0 Å². The molecular weight excluding hydrogens is 330 g/mol. The van der Waals surface area contributed by atoms with Crippen LogP contribution in [-0.2, 0) is 9.53 Å². The van der Waals surface area contributed by atoms with Crippen LogP contribution in [0.4, 0.5) is 0 Å². The van der Waals surface area contributed by atoms with Gasteiger partial charge in [0.2, 0.25) is 0 Å². The highest BCUT2D eigenvalue weighted by atomic mass is 16.5. The molecule has 5 heteroatoms. The molecule has 0 aliphatic heterocycles. The number of hydrogen-bond donors (Lipinski definition) is 2. The Labute approximate surface area is 152 Å². The number of ether oxygens (including phenoxy) is 1. The first-order valence-corrected chi connectivity index (χ1v) is 9.29. The van der Waals surface area contributed by atoms with E-state index in [1.165, 1.54) is 25.6 Å². The lowest BCUT2D eigenvalue weighted by molar-refractivity contribution is -0.136. The molecule has 0 radical (unpaired) electrons. The molecule has 0 unspecified atom stereocenters. The molecule has 2 aliphatic carbocycles. The maximum Gasteiger partial charge on any atom is 0.335 e. The van der Waals surface area contributed by atoms with Gasteiger partial charge in [-0.1, -0.05) is 18.9 Å². The Kier molecular flexibility index (Phi) is 4.31. The molecule has 136 valence electrons. The maximum atomic E-state index is 12.3. The maximum absolute atomic E-state index is 12.3. The number of H-pyrrole nitrogens is 1. The standard InChI is InChI=1S/C21H23NO4/c1-26-21(25)15-8-4-7-14(15)18-16-10-9-13(20(23)24)11-17(16)22-19(18)12-5-2-3-6-12/h9-12,22H,2-8H2,1H3,(H,23,24). The summed E-state index contributed by atoms with van der Waals surface area (Å²) in [6.07, 6.45) is 7.23. The second kappa shape index (κ2) is 6.63. The van der Waals surface area contributed by atoms with E-state index in [4.69, 9.17) is 4.74 Å². The van der Waals surface area contributed by atoms with E-state index in [2.05, 4.69) is 4.98 Å². The fourth-order valence-electron chi connectivity index (χ4n) is 4.57. The van der Waals surface area contributed by atoms with Gasteiger partial charge in [0.1, 0.15) is 0 Å². The Bertz CT molecular complexity index is 915. The first-order chi connectivity index (χ1) is 12.6. The van der Waals surface area contributed by atoms with Gasteiger partial charge in [0.05, 0.1) is 12.7 Å². The average Bonchev–Trinajstić information content (AvgIpc) is 3.37. The van der Waals surface area contributed by atoms with Crippen molar-refractivity contribution in [3.63, 3.8) is 0 Å². The number of aromatic nitrogens is 1. The highest BCUT2D eigenvalue weighted by molar-refractivity contribution is 6.05. The Balaban J connectivity index is 1.95. The van der Waals surface area contributed by atoms with Crippen LogP contribution in [0.5, 0.6) is 0 Å². The molecule has 1 saturated carbocycles. The fraction of sp³-hybridized carbons (Fsp3) is 0.429. The molecule has 0 amide bonds. The minimum Gasteiger partial charge on any atom is -0.478 e. The molecule has 1 heterocycles. The lowest BCUT2D eigenvalue weighted by Crippen LogP contribution is -2.05. The number of rotatable bonds is 4. The van der Waals surface area contributed by atoms with Crippen LogP contribution in [0.25, 0.3) is 16.5 Å². The molecule has 1 aromatic carbocycles. The molecule has 2 aromatic rings. The Morgan fingerprint density at radius 2 is 1.92 bits per heavy atom. The third-order valence-electron chi connectivity index (χ3n) is 5.79. The van der Waals surface area contributed by atoms with Gasteiger partial charge in [-0.05, 0) is 55.7 Å². The molecular formula is C21H23NO4. The van der Waals surface area contributed by atoms with Crippen LogP contribution in [0, 0.1) is 0 Å². The van der Waals surface area contributed by atoms with Crippen molar-refractivity contribution in [1.82, 2.24) is 4.98 Å². The van der Waals surface area contributed by atoms with Crippen molar-refractivity contribution in [2.24, 2.45) is 0 Å². The average molecular weight is 353 g/mol. The number of methoxy groups -OCH3 is 1. The lowest BCUT2D eigenvalue weighted by Gasteiger charge is -2.13. The minimum absolute atomic E-state index is 0.244. The third kappa shape index (κ3) is 2.71. The van der Waals surface area contributed by atoms with Crippen LogP contribution < -0.4 is 0 Å². The van der Waals surface area contributed by atoms with Crippen molar-refractivity contribution in [3.8, 4) is 0 Å². The van der Waals surface area contributed by atoms with Crippen LogP contribution in [0.2, 0.25) is 0 Å². The quantitative estimate of drug-likeness (QED) is 0.785. The Morgan fingerprint density at radius 3 is 2.62 bits per heavy atom. The van der Waals surface area contributed by atoms with Gasteiger partial charge < -0.3 is 14.8 Å². The first kappa shape index (κ1) is 16.9. The van der Waals surface area contributed by atoms with Crippen molar-refractivity contribution < 1.29 is 19.4 Å². The topological polar surface area (TPSA) is 79.4 Å². The lowest BCUT2D eigenvalue weighted by atomic mass is 9.92. The summed E-state index contributed by atoms with van der Waals surface area (Å²) in [7, 11) is 1.43. The third-order valence-corrected chi connectivity index (χ3v) is 5.79. The van der Waals surface area contributed by atoms with Gasteiger partial charge in [-0.3, -0.25) is 0 Å². The van der Waals surface area contributed by atoms with Gasteiger partial charge in [0.15, 0.2) is 0 Å². The molecule has 0 bridgehead atoms. The predicted octanol–water partition coefficient (Wildman–Crippen LogP) is 4.63. The van der Waals surface area contributed by atoms with Crippen LogP contribution in [-0.4, -0.2) is 29.1 Å². The normalized spacial score (nSPS) is 18.0. The van der Waals surface area contributed by atoms with Crippen LogP contribution in [0.15, 0.2) is 23.8 Å². The smallest absolute Gasteiger partial charge is 0.335 e. The molecule has 1 fully saturated rings. The zero-order valence-electron chi connectivity index (χ0n) is 14.9. The molecule has 2 N–H and O–H groups in total. The molecule has 1 aromatic heterocycles. The highest BCUT2D eigenvalue weighted by Crippen LogP contribution is 2.45. The molecule has 26 heavy (non-hydrogen) atoms. The summed E-state index contributed by atoms with van der Waals surface area (Å²) < 4.78 is 5.01. The summed E-state index contributed by atoms with van der Waals surface area (Å²) in [5.41, 5.74) is 5.24. The molecule has 2 aliphatic rings. The van der Waals surface area contributed by atoms with Gasteiger partial charge in [-0.15, -0.1) is 0 Å². The molecule has 5 nitrogen and oxygen atoms in total. The van der Waals surface area contributed by atoms with E-state index in [9.17, 15) is 14.7 Å². The monoisotopic (exact) mass is 353 g/mol. The number of allylic oxidation sites excluding steroid dienone is 1. The number of hydrogen-bond acceptors (Lipinski definition) is 3. The largest absolute Gasteiger partial charge is 0.478 e. The van der Waals surface area contributed by atoms with Gasteiger partial charge in [-0.25, -0.2) is 9.59 Å². The van der Waals surface area contributed by atoms with E-state index in [0.29, 0.717) is 5.92 Å². The van der Waals surface area contributed by atoms with E-state index in [-0.39, 0.29) is 11.5 Å². The first-order valence-electron chi connectivity index (χ1n) is 9.29. The van der Waals surface area contributed by atoms with Gasteiger partial charge >= 0.3 is 11.9 Å². The summed E-state index contributed by atoms with van der Waals surface area (Å²) in [6.45, 7) is 0. The zero-order valence-corrected chi connectivity index (χ0v) is 14.9. The number of carboxylic acid groups (broad SMARTS) is 1. The summed E-state index contributed by atoms with van der Waals surface area (Å²) in [5.74, 6) is -0.732. The number of carbonyl (C=O) groups excluding carboxylic acids is 1. The van der Waals surface area contributed by atoms with Crippen LogP contribution in [0.1, 0.15) is 72.5 Å². The number of esters is 1. The number of nitrogens with one attached hydrogen (secondary N) is 1. The van der Waals surface area contributed by atoms with Gasteiger partial charge in [-0.2, -0.15) is 0 Å². The molecule has 4 rings (SSSR count). The minimum atomic E-state index is -0.930. The van der Waals surface area contributed by atoms with Crippen molar-refractivity contribution in [3.05, 3.63) is 40.6 Å². The Hall–Kier alpha value is -2.56. The number of carboxylic acids is 1. The number of aromatic carboxylic acids is 1. The number of carbonyl (C=O) groups is 2. The van der Waals surface area contributed by atoms with Crippen molar-refractivity contribution >= 4 is 28.4 Å².